The number of nitriles is 1. The zero-order chi connectivity index (χ0) is 13.1. The molecule has 1 heterocycles. The zero-order valence-electron chi connectivity index (χ0n) is 10.8. The monoisotopic (exact) mass is 246 g/mol. The van der Waals surface area contributed by atoms with Crippen LogP contribution in [0.3, 0.4) is 0 Å². The first-order valence-electron chi connectivity index (χ1n) is 6.15. The van der Waals surface area contributed by atoms with Crippen molar-refractivity contribution in [3.05, 3.63) is 29.3 Å². The molecule has 1 aromatic rings. The Bertz CT molecular complexity index is 467. The van der Waals surface area contributed by atoms with Crippen molar-refractivity contribution >= 4 is 5.69 Å². The SMILES string of the molecule is CC1OCCC1N(C)c1ccc(CO)cc1C#N. The van der Waals surface area contributed by atoms with Crippen molar-refractivity contribution in [1.82, 2.24) is 0 Å². The van der Waals surface area contributed by atoms with Crippen LogP contribution >= 0.6 is 0 Å². The van der Waals surface area contributed by atoms with Gasteiger partial charge in [-0.25, -0.2) is 0 Å². The fraction of sp³-hybridized carbons (Fsp3) is 0.500. The van der Waals surface area contributed by atoms with E-state index in [1.54, 1.807) is 6.07 Å². The lowest BCUT2D eigenvalue weighted by molar-refractivity contribution is 0.118. The molecule has 2 unspecified atom stereocenters. The van der Waals surface area contributed by atoms with Gasteiger partial charge in [-0.2, -0.15) is 5.26 Å². The number of benzene rings is 1. The summed E-state index contributed by atoms with van der Waals surface area (Å²) in [7, 11) is 1.99. The van der Waals surface area contributed by atoms with Gasteiger partial charge in [-0.05, 0) is 31.0 Å². The summed E-state index contributed by atoms with van der Waals surface area (Å²) >= 11 is 0. The van der Waals surface area contributed by atoms with Crippen molar-refractivity contribution in [2.45, 2.75) is 32.1 Å². The van der Waals surface area contributed by atoms with Crippen LogP contribution in [0.5, 0.6) is 0 Å². The minimum absolute atomic E-state index is 0.0401. The van der Waals surface area contributed by atoms with Gasteiger partial charge in [0.05, 0.1) is 30.0 Å². The summed E-state index contributed by atoms with van der Waals surface area (Å²) in [4.78, 5) is 2.11. The second-order valence-corrected chi connectivity index (χ2v) is 4.66. The third kappa shape index (κ3) is 2.33. The lowest BCUT2D eigenvalue weighted by Crippen LogP contribution is -2.37. The molecule has 1 saturated heterocycles. The molecule has 2 rings (SSSR count). The minimum atomic E-state index is -0.0401. The molecule has 1 fully saturated rings. The highest BCUT2D eigenvalue weighted by molar-refractivity contribution is 5.60. The summed E-state index contributed by atoms with van der Waals surface area (Å²) in [5, 5.41) is 18.3. The fourth-order valence-corrected chi connectivity index (χ4v) is 2.49. The molecule has 0 spiro atoms. The van der Waals surface area contributed by atoms with E-state index in [1.807, 2.05) is 19.2 Å². The summed E-state index contributed by atoms with van der Waals surface area (Å²) in [5.74, 6) is 0. The molecule has 1 aliphatic rings. The van der Waals surface area contributed by atoms with Crippen LogP contribution in [0, 0.1) is 11.3 Å². The van der Waals surface area contributed by atoms with E-state index < -0.39 is 0 Å². The van der Waals surface area contributed by atoms with Crippen LogP contribution in [0.1, 0.15) is 24.5 Å². The molecule has 4 nitrogen and oxygen atoms in total. The molecule has 18 heavy (non-hydrogen) atoms. The number of aliphatic hydroxyl groups excluding tert-OH is 1. The minimum Gasteiger partial charge on any atom is -0.392 e. The lowest BCUT2D eigenvalue weighted by Gasteiger charge is -2.29. The molecule has 1 N–H and O–H groups in total. The van der Waals surface area contributed by atoms with Gasteiger partial charge in [-0.1, -0.05) is 6.07 Å². The average molecular weight is 246 g/mol. The third-order valence-electron chi connectivity index (χ3n) is 3.58. The number of likely N-dealkylation sites (N-methyl/N-ethyl adjacent to an activating group) is 1. The topological polar surface area (TPSA) is 56.5 Å². The van der Waals surface area contributed by atoms with E-state index in [0.717, 1.165) is 24.3 Å². The largest absolute Gasteiger partial charge is 0.392 e. The smallest absolute Gasteiger partial charge is 0.101 e. The Morgan fingerprint density at radius 3 is 2.89 bits per heavy atom. The van der Waals surface area contributed by atoms with E-state index in [1.165, 1.54) is 0 Å². The molecule has 0 aromatic heterocycles. The maximum absolute atomic E-state index is 9.21. The number of ether oxygens (including phenoxy) is 1. The van der Waals surface area contributed by atoms with Gasteiger partial charge in [0.1, 0.15) is 6.07 Å². The standard InChI is InChI=1S/C14H18N2O2/c1-10-13(5-6-18-10)16(2)14-4-3-11(9-17)7-12(14)8-15/h3-4,7,10,13,17H,5-6,9H2,1-2H3. The van der Waals surface area contributed by atoms with E-state index in [4.69, 9.17) is 9.84 Å². The Morgan fingerprint density at radius 2 is 2.33 bits per heavy atom. The van der Waals surface area contributed by atoms with Gasteiger partial charge in [0.2, 0.25) is 0 Å². The Kier molecular flexibility index (Phi) is 3.85. The highest BCUT2D eigenvalue weighted by atomic mass is 16.5. The molecule has 4 heteroatoms. The van der Waals surface area contributed by atoms with Crippen molar-refractivity contribution in [3.63, 3.8) is 0 Å². The molecule has 0 bridgehead atoms. The molecule has 1 aliphatic heterocycles. The normalized spacial score (nSPS) is 22.8. The van der Waals surface area contributed by atoms with E-state index in [9.17, 15) is 5.26 Å². The van der Waals surface area contributed by atoms with Gasteiger partial charge < -0.3 is 14.7 Å². The van der Waals surface area contributed by atoms with Gasteiger partial charge in [0.15, 0.2) is 0 Å². The number of anilines is 1. The van der Waals surface area contributed by atoms with Crippen LogP contribution in [0.15, 0.2) is 18.2 Å². The fourth-order valence-electron chi connectivity index (χ4n) is 2.49. The molecular formula is C14H18N2O2. The van der Waals surface area contributed by atoms with Crippen LogP contribution in [0.4, 0.5) is 5.69 Å². The zero-order valence-corrected chi connectivity index (χ0v) is 10.8. The van der Waals surface area contributed by atoms with E-state index in [2.05, 4.69) is 17.9 Å². The Balaban J connectivity index is 2.30. The first-order chi connectivity index (χ1) is 8.67. The van der Waals surface area contributed by atoms with Crippen molar-refractivity contribution < 1.29 is 9.84 Å². The van der Waals surface area contributed by atoms with Crippen LogP contribution in [-0.2, 0) is 11.3 Å². The predicted molar refractivity (Wildman–Crippen MR) is 69.3 cm³/mol. The van der Waals surface area contributed by atoms with Crippen molar-refractivity contribution in [2.75, 3.05) is 18.6 Å². The van der Waals surface area contributed by atoms with E-state index >= 15 is 0 Å². The van der Waals surface area contributed by atoms with Gasteiger partial charge in [-0.15, -0.1) is 0 Å². The van der Waals surface area contributed by atoms with Crippen molar-refractivity contribution in [3.8, 4) is 6.07 Å². The Labute approximate surface area is 107 Å². The van der Waals surface area contributed by atoms with Crippen LogP contribution in [-0.4, -0.2) is 30.9 Å². The molecule has 2 atom stereocenters. The average Bonchev–Trinajstić information content (AvgIpc) is 2.83. The molecule has 0 radical (unpaired) electrons. The van der Waals surface area contributed by atoms with Gasteiger partial charge >= 0.3 is 0 Å². The molecule has 1 aromatic carbocycles. The maximum atomic E-state index is 9.21. The van der Waals surface area contributed by atoms with Crippen LogP contribution in [0.2, 0.25) is 0 Å². The molecule has 0 aliphatic carbocycles. The van der Waals surface area contributed by atoms with Crippen molar-refractivity contribution in [2.24, 2.45) is 0 Å². The summed E-state index contributed by atoms with van der Waals surface area (Å²) in [6.07, 6.45) is 1.16. The third-order valence-corrected chi connectivity index (χ3v) is 3.58. The first-order valence-corrected chi connectivity index (χ1v) is 6.15. The summed E-state index contributed by atoms with van der Waals surface area (Å²) in [6, 6.07) is 7.99. The summed E-state index contributed by atoms with van der Waals surface area (Å²) in [6.45, 7) is 2.79. The molecule has 0 saturated carbocycles. The summed E-state index contributed by atoms with van der Waals surface area (Å²) in [5.41, 5.74) is 2.26. The summed E-state index contributed by atoms with van der Waals surface area (Å²) < 4.78 is 5.56. The van der Waals surface area contributed by atoms with Crippen LogP contribution in [0.25, 0.3) is 0 Å². The number of aliphatic hydroxyl groups is 1. The van der Waals surface area contributed by atoms with Gasteiger partial charge in [-0.3, -0.25) is 0 Å². The number of hydrogen-bond acceptors (Lipinski definition) is 4. The number of hydrogen-bond donors (Lipinski definition) is 1. The number of rotatable bonds is 3. The quantitative estimate of drug-likeness (QED) is 0.881. The first kappa shape index (κ1) is 12.9. The van der Waals surface area contributed by atoms with Gasteiger partial charge in [0.25, 0.3) is 0 Å². The second kappa shape index (κ2) is 5.38. The predicted octanol–water partition coefficient (Wildman–Crippen LogP) is 1.66. The maximum Gasteiger partial charge on any atom is 0.101 e. The Hall–Kier alpha value is -1.57. The molecule has 96 valence electrons. The highest BCUT2D eigenvalue weighted by Gasteiger charge is 2.29. The Morgan fingerprint density at radius 1 is 1.56 bits per heavy atom. The molecular weight excluding hydrogens is 228 g/mol. The van der Waals surface area contributed by atoms with Crippen LogP contribution < -0.4 is 4.90 Å². The second-order valence-electron chi connectivity index (χ2n) is 4.66. The van der Waals surface area contributed by atoms with Crippen molar-refractivity contribution in [1.29, 1.82) is 5.26 Å². The lowest BCUT2D eigenvalue weighted by atomic mass is 10.1. The van der Waals surface area contributed by atoms with Gasteiger partial charge in [0, 0.05) is 13.7 Å². The highest BCUT2D eigenvalue weighted by Crippen LogP contribution is 2.27. The van der Waals surface area contributed by atoms with E-state index in [-0.39, 0.29) is 12.7 Å². The number of nitrogens with zero attached hydrogens (tertiary/aromatic N) is 2. The van der Waals surface area contributed by atoms with E-state index in [0.29, 0.717) is 11.6 Å². The molecule has 0 amide bonds.